The van der Waals surface area contributed by atoms with Crippen LogP contribution in [-0.2, 0) is 14.0 Å². The lowest BCUT2D eigenvalue weighted by molar-refractivity contribution is -0.136. The fourth-order valence-corrected chi connectivity index (χ4v) is 5.47. The zero-order chi connectivity index (χ0) is 20.2. The highest BCUT2D eigenvalue weighted by molar-refractivity contribution is 6.69. The molecule has 1 fully saturated rings. The Balaban J connectivity index is 3.05. The van der Waals surface area contributed by atoms with Gasteiger partial charge in [0.15, 0.2) is 8.32 Å². The third-order valence-corrected chi connectivity index (χ3v) is 5.87. The smallest absolute Gasteiger partial charge is 0.331 e. The van der Waals surface area contributed by atoms with E-state index in [1.165, 1.54) is 6.08 Å². The van der Waals surface area contributed by atoms with E-state index >= 15 is 0 Å². The van der Waals surface area contributed by atoms with Crippen LogP contribution in [0.1, 0.15) is 40.5 Å². The molecule has 4 nitrogen and oxygen atoms in total. The predicted molar refractivity (Wildman–Crippen MR) is 109 cm³/mol. The number of carbonyl (C=O) groups excluding carboxylic acids is 1. The summed E-state index contributed by atoms with van der Waals surface area (Å²) in [5.74, 6) is -0.180. The Hall–Kier alpha value is -1.17. The normalized spacial score (nSPS) is 27.8. The second-order valence-corrected chi connectivity index (χ2v) is 13.4. The van der Waals surface area contributed by atoms with Gasteiger partial charge >= 0.3 is 5.97 Å². The molecule has 0 amide bonds. The summed E-state index contributed by atoms with van der Waals surface area (Å²) < 4.78 is 11.5. The third-order valence-electron chi connectivity index (χ3n) is 4.79. The average Bonchev–Trinajstić information content (AvgIpc) is 2.77. The van der Waals surface area contributed by atoms with Crippen LogP contribution < -0.4 is 0 Å². The maximum atomic E-state index is 11.7. The van der Waals surface area contributed by atoms with E-state index in [0.29, 0.717) is 0 Å². The molecule has 1 rings (SSSR count). The van der Waals surface area contributed by atoms with Gasteiger partial charge in [0.25, 0.3) is 0 Å². The Morgan fingerprint density at radius 3 is 2.50 bits per heavy atom. The lowest BCUT2D eigenvalue weighted by atomic mass is 9.78. The topological polar surface area (TPSA) is 55.8 Å². The summed E-state index contributed by atoms with van der Waals surface area (Å²) in [7, 11) is -1.74. The SMILES string of the molecule is C=CCOC(=O)C=C(C)C=CC1C(C(C)(C)O)CCC1(C)O[Si](C)(C)C. The predicted octanol–water partition coefficient (Wildman–Crippen LogP) is 4.63. The van der Waals surface area contributed by atoms with Crippen molar-refractivity contribution in [2.45, 2.75) is 71.4 Å². The molecule has 0 bridgehead atoms. The van der Waals surface area contributed by atoms with Gasteiger partial charge < -0.3 is 14.3 Å². The molecule has 3 atom stereocenters. The first-order valence-corrected chi connectivity index (χ1v) is 12.8. The van der Waals surface area contributed by atoms with Crippen molar-refractivity contribution in [3.05, 3.63) is 36.5 Å². The fraction of sp³-hybridized carbons (Fsp3) is 0.667. The molecule has 0 aromatic heterocycles. The maximum absolute atomic E-state index is 11.7. The Morgan fingerprint density at radius 1 is 1.38 bits per heavy atom. The molecule has 1 saturated carbocycles. The summed E-state index contributed by atoms with van der Waals surface area (Å²) in [5, 5.41) is 10.6. The molecule has 0 saturated heterocycles. The van der Waals surface area contributed by atoms with Gasteiger partial charge in [0.1, 0.15) is 6.61 Å². The minimum absolute atomic E-state index is 0.0850. The van der Waals surface area contributed by atoms with Gasteiger partial charge in [-0.2, -0.15) is 0 Å². The molecule has 3 unspecified atom stereocenters. The second-order valence-electron chi connectivity index (χ2n) is 9.02. The number of aliphatic hydroxyl groups is 1. The molecule has 0 spiro atoms. The zero-order valence-electron chi connectivity index (χ0n) is 17.5. The van der Waals surface area contributed by atoms with Crippen molar-refractivity contribution in [1.82, 2.24) is 0 Å². The molecule has 26 heavy (non-hydrogen) atoms. The number of allylic oxidation sites excluding steroid dienone is 2. The highest BCUT2D eigenvalue weighted by atomic mass is 28.4. The maximum Gasteiger partial charge on any atom is 0.331 e. The van der Waals surface area contributed by atoms with Gasteiger partial charge in [0.05, 0.1) is 11.2 Å². The summed E-state index contributed by atoms with van der Waals surface area (Å²) >= 11 is 0. The molecule has 0 aromatic rings. The van der Waals surface area contributed by atoms with E-state index in [1.54, 1.807) is 6.08 Å². The number of rotatable bonds is 8. The number of ether oxygens (including phenoxy) is 1. The van der Waals surface area contributed by atoms with Crippen LogP contribution in [0.25, 0.3) is 0 Å². The van der Waals surface area contributed by atoms with Crippen LogP contribution in [0.4, 0.5) is 0 Å². The van der Waals surface area contributed by atoms with Gasteiger partial charge in [-0.05, 0) is 71.7 Å². The van der Waals surface area contributed by atoms with Crippen molar-refractivity contribution in [1.29, 1.82) is 0 Å². The fourth-order valence-electron chi connectivity index (χ4n) is 3.83. The Bertz CT molecular complexity index is 566. The molecule has 0 radical (unpaired) electrons. The van der Waals surface area contributed by atoms with E-state index in [0.717, 1.165) is 18.4 Å². The summed E-state index contributed by atoms with van der Waals surface area (Å²) in [4.78, 5) is 11.7. The van der Waals surface area contributed by atoms with Crippen LogP contribution >= 0.6 is 0 Å². The van der Waals surface area contributed by atoms with Crippen molar-refractivity contribution in [3.8, 4) is 0 Å². The number of esters is 1. The van der Waals surface area contributed by atoms with Crippen molar-refractivity contribution in [2.24, 2.45) is 11.8 Å². The molecule has 148 valence electrons. The summed E-state index contributed by atoms with van der Waals surface area (Å²) in [6, 6.07) is 0. The van der Waals surface area contributed by atoms with Crippen LogP contribution in [0.15, 0.2) is 36.5 Å². The largest absolute Gasteiger partial charge is 0.458 e. The van der Waals surface area contributed by atoms with Crippen LogP contribution in [0, 0.1) is 11.8 Å². The van der Waals surface area contributed by atoms with Gasteiger partial charge in [-0.1, -0.05) is 24.8 Å². The first kappa shape index (κ1) is 22.9. The minimum atomic E-state index is -1.74. The summed E-state index contributed by atoms with van der Waals surface area (Å²) in [6.45, 7) is 18.1. The van der Waals surface area contributed by atoms with Crippen LogP contribution in [-0.4, -0.2) is 37.2 Å². The van der Waals surface area contributed by atoms with Crippen molar-refractivity contribution in [3.63, 3.8) is 0 Å². The zero-order valence-corrected chi connectivity index (χ0v) is 18.5. The van der Waals surface area contributed by atoms with Crippen molar-refractivity contribution < 1.29 is 19.1 Å². The van der Waals surface area contributed by atoms with Crippen LogP contribution in [0.3, 0.4) is 0 Å². The minimum Gasteiger partial charge on any atom is -0.458 e. The van der Waals surface area contributed by atoms with Gasteiger partial charge in [-0.25, -0.2) is 4.79 Å². The van der Waals surface area contributed by atoms with E-state index in [-0.39, 0.29) is 30.0 Å². The van der Waals surface area contributed by atoms with Gasteiger partial charge in [-0.15, -0.1) is 0 Å². The molecule has 0 aliphatic heterocycles. The third kappa shape index (κ3) is 6.86. The van der Waals surface area contributed by atoms with Gasteiger partial charge in [-0.3, -0.25) is 0 Å². The molecule has 1 aliphatic carbocycles. The molecule has 1 aliphatic rings. The average molecular weight is 381 g/mol. The Morgan fingerprint density at radius 2 is 2.00 bits per heavy atom. The monoisotopic (exact) mass is 380 g/mol. The van der Waals surface area contributed by atoms with E-state index in [4.69, 9.17) is 9.16 Å². The van der Waals surface area contributed by atoms with Crippen LogP contribution in [0.5, 0.6) is 0 Å². The number of hydrogen-bond acceptors (Lipinski definition) is 4. The number of carbonyl (C=O) groups is 1. The molecule has 1 N–H and O–H groups in total. The molecule has 0 heterocycles. The van der Waals surface area contributed by atoms with Crippen molar-refractivity contribution >= 4 is 14.3 Å². The summed E-state index contributed by atoms with van der Waals surface area (Å²) in [5.41, 5.74) is -0.262. The highest BCUT2D eigenvalue weighted by Gasteiger charge is 2.50. The first-order chi connectivity index (χ1) is 11.8. The quantitative estimate of drug-likeness (QED) is 0.219. The van der Waals surface area contributed by atoms with Crippen molar-refractivity contribution in [2.75, 3.05) is 6.61 Å². The Labute approximate surface area is 160 Å². The summed E-state index contributed by atoms with van der Waals surface area (Å²) in [6.07, 6.45) is 8.90. The lowest BCUT2D eigenvalue weighted by Crippen LogP contribution is -2.46. The lowest BCUT2D eigenvalue weighted by Gasteiger charge is -2.40. The molecular formula is C21H36O4Si. The van der Waals surface area contributed by atoms with Gasteiger partial charge in [0, 0.05) is 12.0 Å². The van der Waals surface area contributed by atoms with E-state index in [1.807, 2.05) is 26.8 Å². The van der Waals surface area contributed by atoms with E-state index in [9.17, 15) is 9.90 Å². The standard InChI is InChI=1S/C21H36O4Si/c1-9-14-24-19(22)15-16(2)10-11-18-17(20(3,4)23)12-13-21(18,5)25-26(6,7)8/h9-11,15,17-18,23H,1,12-14H2,2-8H3. The molecule has 5 heteroatoms. The highest BCUT2D eigenvalue weighted by Crippen LogP contribution is 2.49. The molecule has 0 aromatic carbocycles. The first-order valence-electron chi connectivity index (χ1n) is 9.35. The Kier molecular flexibility index (Phi) is 7.63. The second kappa shape index (κ2) is 8.68. The van der Waals surface area contributed by atoms with E-state index < -0.39 is 13.9 Å². The van der Waals surface area contributed by atoms with Crippen LogP contribution in [0.2, 0.25) is 19.6 Å². The number of hydrogen-bond donors (Lipinski definition) is 1. The van der Waals surface area contributed by atoms with Gasteiger partial charge in [0.2, 0.25) is 0 Å². The molecular weight excluding hydrogens is 344 g/mol. The van der Waals surface area contributed by atoms with E-state index in [2.05, 4.69) is 39.2 Å².